The van der Waals surface area contributed by atoms with E-state index in [0.717, 1.165) is 0 Å². The molecule has 78 valence electrons. The number of aromatic amines is 1. The number of rotatable bonds is 4. The molecule has 5 N–H and O–H groups in total. The van der Waals surface area contributed by atoms with Crippen LogP contribution < -0.4 is 5.73 Å². The molecule has 0 aliphatic heterocycles. The molecule has 1 aromatic rings. The second-order valence-electron chi connectivity index (χ2n) is 3.11. The zero-order valence-corrected chi connectivity index (χ0v) is 7.77. The summed E-state index contributed by atoms with van der Waals surface area (Å²) in [5, 5.41) is 18.9. The highest BCUT2D eigenvalue weighted by Crippen LogP contribution is 2.16. The number of aliphatic hydroxyl groups is 2. The van der Waals surface area contributed by atoms with Crippen molar-refractivity contribution in [3.05, 3.63) is 17.7 Å². The van der Waals surface area contributed by atoms with Crippen LogP contribution in [-0.4, -0.2) is 32.2 Å². The summed E-state index contributed by atoms with van der Waals surface area (Å²) in [5.41, 5.74) is 5.25. The summed E-state index contributed by atoms with van der Waals surface area (Å²) >= 11 is 0. The van der Waals surface area contributed by atoms with Crippen molar-refractivity contribution in [2.75, 3.05) is 0 Å². The minimum Gasteiger partial charge on any atom is -0.389 e. The number of aromatic nitrogens is 2. The molecule has 0 aromatic carbocycles. The van der Waals surface area contributed by atoms with Crippen LogP contribution in [0.2, 0.25) is 0 Å². The molecule has 2 unspecified atom stereocenters. The topological polar surface area (TPSA) is 112 Å². The van der Waals surface area contributed by atoms with Gasteiger partial charge in [0.1, 0.15) is 11.9 Å². The van der Waals surface area contributed by atoms with Gasteiger partial charge in [0.2, 0.25) is 5.91 Å². The molecule has 0 bridgehead atoms. The van der Waals surface area contributed by atoms with Gasteiger partial charge in [0, 0.05) is 0 Å². The molecule has 2 atom stereocenters. The summed E-state index contributed by atoms with van der Waals surface area (Å²) in [6.07, 6.45) is -1.24. The van der Waals surface area contributed by atoms with Crippen LogP contribution >= 0.6 is 0 Å². The number of carbonyl (C=O) groups is 1. The van der Waals surface area contributed by atoms with Crippen molar-refractivity contribution in [3.63, 3.8) is 0 Å². The Morgan fingerprint density at radius 2 is 2.36 bits per heavy atom. The van der Waals surface area contributed by atoms with Gasteiger partial charge in [0.05, 0.1) is 24.4 Å². The molecule has 14 heavy (non-hydrogen) atoms. The lowest BCUT2D eigenvalue weighted by Crippen LogP contribution is -2.25. The van der Waals surface area contributed by atoms with E-state index in [1.807, 2.05) is 0 Å². The number of imidazole rings is 1. The van der Waals surface area contributed by atoms with Gasteiger partial charge in [-0.15, -0.1) is 0 Å². The first-order valence-corrected chi connectivity index (χ1v) is 4.16. The van der Waals surface area contributed by atoms with E-state index in [1.165, 1.54) is 6.20 Å². The van der Waals surface area contributed by atoms with E-state index in [-0.39, 0.29) is 6.42 Å². The maximum Gasteiger partial charge on any atom is 0.220 e. The number of nitrogens with zero attached hydrogens (tertiary/aromatic N) is 1. The largest absolute Gasteiger partial charge is 0.389 e. The van der Waals surface area contributed by atoms with Gasteiger partial charge in [-0.1, -0.05) is 0 Å². The smallest absolute Gasteiger partial charge is 0.220 e. The van der Waals surface area contributed by atoms with Gasteiger partial charge < -0.3 is 20.9 Å². The number of nitrogens with one attached hydrogen (secondary N) is 1. The lowest BCUT2D eigenvalue weighted by Gasteiger charge is -2.14. The lowest BCUT2D eigenvalue weighted by molar-refractivity contribution is -0.121. The van der Waals surface area contributed by atoms with Gasteiger partial charge in [-0.2, -0.15) is 0 Å². The summed E-state index contributed by atoms with van der Waals surface area (Å²) in [5.74, 6) is -0.0295. The van der Waals surface area contributed by atoms with Crippen molar-refractivity contribution in [1.82, 2.24) is 9.97 Å². The Morgan fingerprint density at radius 1 is 1.71 bits per heavy atom. The third-order valence-electron chi connectivity index (χ3n) is 1.82. The second-order valence-corrected chi connectivity index (χ2v) is 3.11. The van der Waals surface area contributed by atoms with Crippen molar-refractivity contribution in [2.24, 2.45) is 5.73 Å². The van der Waals surface area contributed by atoms with Crippen LogP contribution in [0, 0.1) is 6.92 Å². The van der Waals surface area contributed by atoms with Gasteiger partial charge in [-0.3, -0.25) is 4.79 Å². The molecule has 1 heterocycles. The summed E-state index contributed by atoms with van der Waals surface area (Å²) in [7, 11) is 0. The first kappa shape index (κ1) is 10.7. The zero-order valence-electron chi connectivity index (χ0n) is 7.77. The third kappa shape index (κ3) is 2.54. The predicted octanol–water partition coefficient (Wildman–Crippen LogP) is -1.01. The normalized spacial score (nSPS) is 15.1. The van der Waals surface area contributed by atoms with Gasteiger partial charge in [-0.05, 0) is 6.92 Å². The number of nitrogens with two attached hydrogens (primary N) is 1. The monoisotopic (exact) mass is 199 g/mol. The van der Waals surface area contributed by atoms with E-state index in [1.54, 1.807) is 6.92 Å². The number of aliphatic hydroxyl groups excluding tert-OH is 2. The highest BCUT2D eigenvalue weighted by Gasteiger charge is 2.21. The molecule has 6 nitrogen and oxygen atoms in total. The Morgan fingerprint density at radius 3 is 2.79 bits per heavy atom. The molecule has 0 aliphatic carbocycles. The van der Waals surface area contributed by atoms with Crippen LogP contribution in [0.3, 0.4) is 0 Å². The Balaban J connectivity index is 2.65. The summed E-state index contributed by atoms with van der Waals surface area (Å²) in [6, 6.07) is 0. The minimum atomic E-state index is -1.20. The Bertz CT molecular complexity index is 323. The van der Waals surface area contributed by atoms with Crippen LogP contribution in [0.15, 0.2) is 6.20 Å². The van der Waals surface area contributed by atoms with Gasteiger partial charge in [0.15, 0.2) is 0 Å². The number of hydrogen-bond acceptors (Lipinski definition) is 4. The summed E-state index contributed by atoms with van der Waals surface area (Å²) in [4.78, 5) is 17.1. The van der Waals surface area contributed by atoms with E-state index in [2.05, 4.69) is 9.97 Å². The quantitative estimate of drug-likeness (QED) is 0.497. The molecular formula is C8H13N3O3. The Kier molecular flexibility index (Phi) is 3.21. The van der Waals surface area contributed by atoms with Crippen molar-refractivity contribution >= 4 is 5.91 Å². The molecule has 1 rings (SSSR count). The molecule has 6 heteroatoms. The molecule has 0 saturated heterocycles. The van der Waals surface area contributed by atoms with Crippen LogP contribution in [-0.2, 0) is 4.79 Å². The Labute approximate surface area is 80.8 Å². The molecule has 0 radical (unpaired) electrons. The van der Waals surface area contributed by atoms with Gasteiger partial charge in [0.25, 0.3) is 0 Å². The molecule has 0 fully saturated rings. The second kappa shape index (κ2) is 4.21. The lowest BCUT2D eigenvalue weighted by atomic mass is 10.1. The Hall–Kier alpha value is -1.40. The highest BCUT2D eigenvalue weighted by atomic mass is 16.3. The van der Waals surface area contributed by atoms with Crippen LogP contribution in [0.4, 0.5) is 0 Å². The fourth-order valence-electron chi connectivity index (χ4n) is 1.12. The van der Waals surface area contributed by atoms with E-state index >= 15 is 0 Å². The predicted molar refractivity (Wildman–Crippen MR) is 48.1 cm³/mol. The van der Waals surface area contributed by atoms with E-state index < -0.39 is 18.1 Å². The standard InChI is InChI=1S/C8H13N3O3/c1-4-10-3-5(11-4)8(14)6(12)2-7(9)13/h3,6,8,12,14H,2H2,1H3,(H2,9,13)(H,10,11). The molecule has 1 aromatic heterocycles. The number of aryl methyl sites for hydroxylation is 1. The van der Waals surface area contributed by atoms with Crippen molar-refractivity contribution in [2.45, 2.75) is 25.6 Å². The molecule has 0 saturated carbocycles. The van der Waals surface area contributed by atoms with E-state index in [0.29, 0.717) is 11.5 Å². The van der Waals surface area contributed by atoms with Gasteiger partial charge >= 0.3 is 0 Å². The maximum absolute atomic E-state index is 10.5. The minimum absolute atomic E-state index is 0.279. The number of hydrogen-bond donors (Lipinski definition) is 4. The van der Waals surface area contributed by atoms with Crippen LogP contribution in [0.1, 0.15) is 24.0 Å². The average Bonchev–Trinajstić information content (AvgIpc) is 2.49. The SMILES string of the molecule is Cc1ncc(C(O)C(O)CC(N)=O)[nH]1. The van der Waals surface area contributed by atoms with Crippen LogP contribution in [0.5, 0.6) is 0 Å². The molecule has 0 spiro atoms. The molecule has 0 aliphatic rings. The van der Waals surface area contributed by atoms with E-state index in [9.17, 15) is 15.0 Å². The fraction of sp³-hybridized carbons (Fsp3) is 0.500. The third-order valence-corrected chi connectivity index (χ3v) is 1.82. The molecule has 1 amide bonds. The van der Waals surface area contributed by atoms with Crippen molar-refractivity contribution < 1.29 is 15.0 Å². The highest BCUT2D eigenvalue weighted by molar-refractivity contribution is 5.74. The fourth-order valence-corrected chi connectivity index (χ4v) is 1.12. The van der Waals surface area contributed by atoms with E-state index in [4.69, 9.17) is 5.73 Å². The summed E-state index contributed by atoms with van der Waals surface area (Å²) < 4.78 is 0. The number of primary amides is 1. The van der Waals surface area contributed by atoms with Crippen LogP contribution in [0.25, 0.3) is 0 Å². The van der Waals surface area contributed by atoms with Gasteiger partial charge in [-0.25, -0.2) is 4.98 Å². The zero-order chi connectivity index (χ0) is 10.7. The number of H-pyrrole nitrogens is 1. The maximum atomic E-state index is 10.5. The number of carbonyl (C=O) groups excluding carboxylic acids is 1. The van der Waals surface area contributed by atoms with Crippen molar-refractivity contribution in [3.8, 4) is 0 Å². The average molecular weight is 199 g/mol. The first-order valence-electron chi connectivity index (χ1n) is 4.16. The molecular weight excluding hydrogens is 186 g/mol. The van der Waals surface area contributed by atoms with Crippen molar-refractivity contribution in [1.29, 1.82) is 0 Å². The summed E-state index contributed by atoms with van der Waals surface area (Å²) in [6.45, 7) is 1.72. The number of amides is 1. The first-order chi connectivity index (χ1) is 6.50.